The van der Waals surface area contributed by atoms with Gasteiger partial charge in [0.1, 0.15) is 12.0 Å². The van der Waals surface area contributed by atoms with Crippen LogP contribution in [0.3, 0.4) is 0 Å². The maximum absolute atomic E-state index is 14.6. The number of esters is 1. The molecule has 0 unspecified atom stereocenters. The smallest absolute Gasteiger partial charge is 0.356 e. The van der Waals surface area contributed by atoms with Crippen LogP contribution in [0.5, 0.6) is 0 Å². The standard InChI is InChI=1S/C40H41N2O6P/c1-5-24-48-40(47)39(49(31-18-9-6-10-19-31,32-20-11-7-12-21-32)33-22-13-8-14-23-33)42-34(36(28(4)43)38(42)46)26-35(44)29-16-15-17-30(25-29)37(45)41-27(2)3/h5-23,25,27-28,34,36,43H,1,24,26H2,2-4H3,(H,41,45)/t28-,34-,36-/m1/s1. The van der Waals surface area contributed by atoms with E-state index in [4.69, 9.17) is 4.74 Å². The normalized spacial score (nSPS) is 16.3. The molecule has 0 spiro atoms. The van der Waals surface area contributed by atoms with Crippen LogP contribution in [0.1, 0.15) is 47.9 Å². The van der Waals surface area contributed by atoms with Gasteiger partial charge in [0.25, 0.3) is 5.91 Å². The summed E-state index contributed by atoms with van der Waals surface area (Å²) in [7, 11) is 0. The van der Waals surface area contributed by atoms with Crippen molar-refractivity contribution in [1.82, 2.24) is 10.2 Å². The Hall–Kier alpha value is -5.04. The number of ether oxygens (including phenoxy) is 1. The fourth-order valence-electron chi connectivity index (χ4n) is 6.43. The molecule has 0 aliphatic carbocycles. The largest absolute Gasteiger partial charge is 0.457 e. The number of amides is 2. The van der Waals surface area contributed by atoms with E-state index in [1.54, 1.807) is 18.2 Å². The van der Waals surface area contributed by atoms with Gasteiger partial charge in [-0.1, -0.05) is 116 Å². The molecule has 8 nitrogen and oxygen atoms in total. The molecule has 5 rings (SSSR count). The Bertz CT molecular complexity index is 1790. The van der Waals surface area contributed by atoms with Gasteiger partial charge in [-0.2, -0.15) is 0 Å². The number of hydrogen-bond acceptors (Lipinski definition) is 6. The topological polar surface area (TPSA) is 113 Å². The Morgan fingerprint density at radius 2 is 1.35 bits per heavy atom. The van der Waals surface area contributed by atoms with E-state index in [9.17, 15) is 24.3 Å². The highest BCUT2D eigenvalue weighted by molar-refractivity contribution is 7.96. The summed E-state index contributed by atoms with van der Waals surface area (Å²) >= 11 is 0. The Balaban J connectivity index is 1.77. The van der Waals surface area contributed by atoms with Gasteiger partial charge >= 0.3 is 5.97 Å². The molecule has 0 radical (unpaired) electrons. The van der Waals surface area contributed by atoms with Gasteiger partial charge in [-0.15, -0.1) is 0 Å². The molecule has 0 saturated carbocycles. The molecule has 2 N–H and O–H groups in total. The third kappa shape index (κ3) is 7.07. The second kappa shape index (κ2) is 15.5. The highest BCUT2D eigenvalue weighted by atomic mass is 31.2. The highest BCUT2D eigenvalue weighted by Crippen LogP contribution is 2.50. The maximum atomic E-state index is 14.6. The molecule has 4 aromatic carbocycles. The number of nitrogens with one attached hydrogen (secondary N) is 1. The van der Waals surface area contributed by atoms with Gasteiger partial charge in [-0.25, -0.2) is 4.79 Å². The van der Waals surface area contributed by atoms with Crippen molar-refractivity contribution in [3.8, 4) is 0 Å². The number of carbonyl (C=O) groups is 4. The van der Waals surface area contributed by atoms with E-state index >= 15 is 0 Å². The first-order valence-corrected chi connectivity index (χ1v) is 18.1. The average Bonchev–Trinajstić information content (AvgIpc) is 3.11. The molecule has 1 heterocycles. The van der Waals surface area contributed by atoms with E-state index in [2.05, 4.69) is 11.9 Å². The quantitative estimate of drug-likeness (QED) is 0.0712. The van der Waals surface area contributed by atoms with Crippen LogP contribution in [0.25, 0.3) is 0 Å². The molecule has 1 aliphatic rings. The van der Waals surface area contributed by atoms with Gasteiger partial charge in [0.2, 0.25) is 5.91 Å². The lowest BCUT2D eigenvalue weighted by molar-refractivity contribution is -0.157. The first kappa shape index (κ1) is 35.3. The van der Waals surface area contributed by atoms with Crippen molar-refractivity contribution in [3.63, 3.8) is 0 Å². The van der Waals surface area contributed by atoms with Crippen LogP contribution < -0.4 is 21.2 Å². The van der Waals surface area contributed by atoms with Crippen molar-refractivity contribution in [1.29, 1.82) is 0 Å². The van der Waals surface area contributed by atoms with E-state index in [1.165, 1.54) is 24.0 Å². The summed E-state index contributed by atoms with van der Waals surface area (Å²) in [4.78, 5) is 57.0. The monoisotopic (exact) mass is 676 g/mol. The molecule has 1 fully saturated rings. The van der Waals surface area contributed by atoms with Crippen molar-refractivity contribution in [2.45, 2.75) is 45.4 Å². The molecular formula is C40H41N2O6P. The van der Waals surface area contributed by atoms with Crippen molar-refractivity contribution in [2.75, 3.05) is 6.61 Å². The number of aliphatic hydroxyl groups excluding tert-OH is 1. The molecule has 0 bridgehead atoms. The van der Waals surface area contributed by atoms with E-state index < -0.39 is 36.8 Å². The minimum atomic E-state index is -3.20. The third-order valence-corrected chi connectivity index (χ3v) is 12.8. The Morgan fingerprint density at radius 1 is 0.837 bits per heavy atom. The molecule has 1 saturated heterocycles. The second-order valence-corrected chi connectivity index (χ2v) is 15.6. The van der Waals surface area contributed by atoms with Crippen LogP contribution in [-0.4, -0.2) is 63.8 Å². The lowest BCUT2D eigenvalue weighted by Crippen LogP contribution is -2.68. The van der Waals surface area contributed by atoms with Crippen LogP contribution >= 0.6 is 6.89 Å². The number of likely N-dealkylation sites (tertiary alicyclic amines) is 1. The zero-order valence-corrected chi connectivity index (χ0v) is 28.8. The molecule has 4 aromatic rings. The summed E-state index contributed by atoms with van der Waals surface area (Å²) in [6.07, 6.45) is 0.157. The first-order valence-electron chi connectivity index (χ1n) is 16.3. The predicted molar refractivity (Wildman–Crippen MR) is 195 cm³/mol. The fraction of sp³-hybridized carbons (Fsp3) is 0.225. The predicted octanol–water partition coefficient (Wildman–Crippen LogP) is 4.46. The molecular weight excluding hydrogens is 635 g/mol. The molecule has 1 aliphatic heterocycles. The lowest BCUT2D eigenvalue weighted by Gasteiger charge is -2.50. The zero-order chi connectivity index (χ0) is 35.1. The number of hydrogen-bond donors (Lipinski definition) is 2. The van der Waals surface area contributed by atoms with Crippen LogP contribution in [-0.2, 0) is 14.3 Å². The second-order valence-electron chi connectivity index (χ2n) is 12.3. The first-order chi connectivity index (χ1) is 23.6. The minimum Gasteiger partial charge on any atom is -0.457 e. The summed E-state index contributed by atoms with van der Waals surface area (Å²) in [6, 6.07) is 34.1. The number of β-lactam (4-membered cyclic amide) rings is 1. The SMILES string of the molecule is C=CCOC(=O)C(N1C(=O)[C@H]([C@@H](C)O)[C@H]1CC(=O)c1cccc(C(=O)NC(C)C)c1)=P(c1ccccc1)(c1ccccc1)c1ccccc1. The molecule has 49 heavy (non-hydrogen) atoms. The summed E-state index contributed by atoms with van der Waals surface area (Å²) in [5.41, 5.74) is 0.726. The van der Waals surface area contributed by atoms with Gasteiger partial charge in [0.05, 0.1) is 18.1 Å². The molecule has 252 valence electrons. The van der Waals surface area contributed by atoms with Crippen LogP contribution in [0, 0.1) is 5.92 Å². The fourth-order valence-corrected chi connectivity index (χ4v) is 10.8. The van der Waals surface area contributed by atoms with E-state index in [-0.39, 0.29) is 41.7 Å². The van der Waals surface area contributed by atoms with Gasteiger partial charge in [0, 0.05) is 30.5 Å². The highest BCUT2D eigenvalue weighted by Gasteiger charge is 2.55. The van der Waals surface area contributed by atoms with Crippen LogP contribution in [0.2, 0.25) is 0 Å². The van der Waals surface area contributed by atoms with Crippen molar-refractivity contribution < 1.29 is 29.0 Å². The van der Waals surface area contributed by atoms with Crippen molar-refractivity contribution >= 4 is 51.8 Å². The van der Waals surface area contributed by atoms with Crippen LogP contribution in [0.15, 0.2) is 128 Å². The maximum Gasteiger partial charge on any atom is 0.356 e. The molecule has 2 amide bonds. The minimum absolute atomic E-state index is 0.0922. The molecule has 9 heteroatoms. The summed E-state index contributed by atoms with van der Waals surface area (Å²) in [5, 5.41) is 16.1. The van der Waals surface area contributed by atoms with E-state index in [0.717, 1.165) is 15.9 Å². The summed E-state index contributed by atoms with van der Waals surface area (Å²) in [5.74, 6) is -2.80. The average molecular weight is 677 g/mol. The van der Waals surface area contributed by atoms with Gasteiger partial charge in [-0.3, -0.25) is 14.4 Å². The Kier molecular flexibility index (Phi) is 11.1. The number of nitrogens with zero attached hydrogens (tertiary/aromatic N) is 1. The zero-order valence-electron chi connectivity index (χ0n) is 27.9. The number of benzene rings is 4. The van der Waals surface area contributed by atoms with Crippen molar-refractivity contribution in [2.24, 2.45) is 5.92 Å². The Morgan fingerprint density at radius 3 is 1.82 bits per heavy atom. The summed E-state index contributed by atoms with van der Waals surface area (Å²) in [6.45, 7) is 5.63. The molecule has 3 atom stereocenters. The summed E-state index contributed by atoms with van der Waals surface area (Å²) < 4.78 is 5.78. The molecule has 0 aromatic heterocycles. The Labute approximate surface area is 287 Å². The van der Waals surface area contributed by atoms with Gasteiger partial charge in [0.15, 0.2) is 5.78 Å². The van der Waals surface area contributed by atoms with E-state index in [1.807, 2.05) is 105 Å². The third-order valence-electron chi connectivity index (χ3n) is 8.54. The lowest BCUT2D eigenvalue weighted by atomic mass is 9.79. The number of rotatable bonds is 13. The number of ketones is 1. The van der Waals surface area contributed by atoms with Crippen LogP contribution in [0.4, 0.5) is 0 Å². The van der Waals surface area contributed by atoms with Crippen molar-refractivity contribution in [3.05, 3.63) is 139 Å². The van der Waals surface area contributed by atoms with Gasteiger partial charge in [-0.05, 0) is 48.8 Å². The number of aliphatic hydroxyl groups is 1. The van der Waals surface area contributed by atoms with E-state index in [0.29, 0.717) is 5.56 Å². The number of Topliss-reactive ketones (excluding diaryl/α,β-unsaturated/α-hetero) is 1. The number of carbonyl (C=O) groups excluding carboxylic acids is 4. The van der Waals surface area contributed by atoms with Gasteiger partial charge < -0.3 is 20.1 Å².